The molecule has 1 aliphatic heterocycles. The van der Waals surface area contributed by atoms with Crippen molar-refractivity contribution in [2.45, 2.75) is 17.7 Å². The molecule has 1 aliphatic rings. The Morgan fingerprint density at radius 1 is 1.00 bits per heavy atom. The average molecular weight is 415 g/mol. The molecule has 0 amide bonds. The van der Waals surface area contributed by atoms with Crippen LogP contribution in [0.25, 0.3) is 22.8 Å². The minimum absolute atomic E-state index is 0.265. The standard InChI is InChI=1S/C20H21N3O5S/c1-26-17-7-5-6-16(18(17)27-2)20-21-19(22-28-20)14-8-10-15(11-9-14)29(24,25)23-12-3-4-13-23/h5-11H,3-4,12-13H2,1-2H3. The topological polar surface area (TPSA) is 94.8 Å². The molecule has 0 spiro atoms. The summed E-state index contributed by atoms with van der Waals surface area (Å²) in [5.41, 5.74) is 1.26. The number of aromatic nitrogens is 2. The minimum atomic E-state index is -3.45. The van der Waals surface area contributed by atoms with E-state index in [1.807, 2.05) is 0 Å². The molecule has 2 aromatic carbocycles. The number of sulfonamides is 1. The molecule has 4 rings (SSSR count). The van der Waals surface area contributed by atoms with Gasteiger partial charge in [-0.25, -0.2) is 8.42 Å². The maximum Gasteiger partial charge on any atom is 0.262 e. The molecule has 29 heavy (non-hydrogen) atoms. The van der Waals surface area contributed by atoms with Gasteiger partial charge in [-0.05, 0) is 49.2 Å². The van der Waals surface area contributed by atoms with Gasteiger partial charge in [-0.3, -0.25) is 0 Å². The molecule has 152 valence electrons. The maximum atomic E-state index is 12.7. The molecule has 1 fully saturated rings. The van der Waals surface area contributed by atoms with Crippen LogP contribution < -0.4 is 9.47 Å². The van der Waals surface area contributed by atoms with E-state index in [9.17, 15) is 8.42 Å². The summed E-state index contributed by atoms with van der Waals surface area (Å²) in [6.07, 6.45) is 1.80. The van der Waals surface area contributed by atoms with Crippen molar-refractivity contribution in [3.8, 4) is 34.3 Å². The Kier molecular flexibility index (Phi) is 5.25. The van der Waals surface area contributed by atoms with Gasteiger partial charge < -0.3 is 14.0 Å². The highest BCUT2D eigenvalue weighted by molar-refractivity contribution is 7.89. The molecule has 0 atom stereocenters. The van der Waals surface area contributed by atoms with Crippen LogP contribution >= 0.6 is 0 Å². The van der Waals surface area contributed by atoms with E-state index in [0.717, 1.165) is 12.8 Å². The van der Waals surface area contributed by atoms with Gasteiger partial charge in [0, 0.05) is 18.7 Å². The number of methoxy groups -OCH3 is 2. The number of hydrogen-bond donors (Lipinski definition) is 0. The molecule has 0 N–H and O–H groups in total. The van der Waals surface area contributed by atoms with Crippen LogP contribution in [0.15, 0.2) is 51.9 Å². The first-order valence-electron chi connectivity index (χ1n) is 9.20. The van der Waals surface area contributed by atoms with Crippen LogP contribution in [0.2, 0.25) is 0 Å². The predicted molar refractivity (Wildman–Crippen MR) is 106 cm³/mol. The lowest BCUT2D eigenvalue weighted by Crippen LogP contribution is -2.27. The van der Waals surface area contributed by atoms with Gasteiger partial charge in [0.1, 0.15) is 0 Å². The van der Waals surface area contributed by atoms with Gasteiger partial charge in [0.15, 0.2) is 11.5 Å². The van der Waals surface area contributed by atoms with Gasteiger partial charge in [-0.1, -0.05) is 11.2 Å². The Bertz CT molecular complexity index is 1100. The average Bonchev–Trinajstić information content (AvgIpc) is 3.45. The van der Waals surface area contributed by atoms with Crippen molar-refractivity contribution in [1.82, 2.24) is 14.4 Å². The second-order valence-electron chi connectivity index (χ2n) is 6.60. The Morgan fingerprint density at radius 2 is 1.72 bits per heavy atom. The highest BCUT2D eigenvalue weighted by atomic mass is 32.2. The van der Waals surface area contributed by atoms with Gasteiger partial charge in [0.25, 0.3) is 5.89 Å². The van der Waals surface area contributed by atoms with Crippen LogP contribution in [0.5, 0.6) is 11.5 Å². The predicted octanol–water partition coefficient (Wildman–Crippen LogP) is 3.21. The van der Waals surface area contributed by atoms with E-state index in [0.29, 0.717) is 41.5 Å². The van der Waals surface area contributed by atoms with E-state index in [1.54, 1.807) is 49.6 Å². The first kappa shape index (κ1) is 19.4. The number of rotatable bonds is 6. The van der Waals surface area contributed by atoms with Crippen molar-refractivity contribution in [1.29, 1.82) is 0 Å². The van der Waals surface area contributed by atoms with Crippen molar-refractivity contribution < 1.29 is 22.4 Å². The second-order valence-corrected chi connectivity index (χ2v) is 8.54. The number of nitrogens with zero attached hydrogens (tertiary/aromatic N) is 3. The Balaban J connectivity index is 1.62. The molecule has 0 radical (unpaired) electrons. The third kappa shape index (κ3) is 3.58. The lowest BCUT2D eigenvalue weighted by Gasteiger charge is -2.15. The summed E-state index contributed by atoms with van der Waals surface area (Å²) in [4.78, 5) is 4.70. The van der Waals surface area contributed by atoms with Crippen molar-refractivity contribution in [2.24, 2.45) is 0 Å². The monoisotopic (exact) mass is 415 g/mol. The SMILES string of the molecule is COc1cccc(-c2nc(-c3ccc(S(=O)(=O)N4CCCC4)cc3)no2)c1OC. The molecule has 2 heterocycles. The Labute approximate surface area is 169 Å². The zero-order chi connectivity index (χ0) is 20.4. The van der Waals surface area contributed by atoms with E-state index < -0.39 is 10.0 Å². The molecule has 9 heteroatoms. The molecule has 0 aliphatic carbocycles. The van der Waals surface area contributed by atoms with E-state index in [2.05, 4.69) is 10.1 Å². The summed E-state index contributed by atoms with van der Waals surface area (Å²) in [6, 6.07) is 11.9. The Hall–Kier alpha value is -2.91. The molecule has 3 aromatic rings. The third-order valence-electron chi connectivity index (χ3n) is 4.87. The second kappa shape index (κ2) is 7.84. The van der Waals surface area contributed by atoms with E-state index in [4.69, 9.17) is 14.0 Å². The zero-order valence-corrected chi connectivity index (χ0v) is 17.0. The van der Waals surface area contributed by atoms with Gasteiger partial charge in [0.05, 0.1) is 24.7 Å². The molecule has 0 bridgehead atoms. The number of benzene rings is 2. The number of para-hydroxylation sites is 1. The smallest absolute Gasteiger partial charge is 0.262 e. The largest absolute Gasteiger partial charge is 0.493 e. The van der Waals surface area contributed by atoms with Crippen molar-refractivity contribution in [3.05, 3.63) is 42.5 Å². The summed E-state index contributed by atoms with van der Waals surface area (Å²) in [5, 5.41) is 4.02. The highest BCUT2D eigenvalue weighted by Gasteiger charge is 2.27. The first-order chi connectivity index (χ1) is 14.0. The quantitative estimate of drug-likeness (QED) is 0.610. The molecule has 0 unspecified atom stereocenters. The van der Waals surface area contributed by atoms with Gasteiger partial charge in [-0.2, -0.15) is 9.29 Å². The van der Waals surface area contributed by atoms with Gasteiger partial charge in [0.2, 0.25) is 15.8 Å². The number of hydrogen-bond acceptors (Lipinski definition) is 7. The van der Waals surface area contributed by atoms with E-state index in [1.165, 1.54) is 11.4 Å². The molecular weight excluding hydrogens is 394 g/mol. The van der Waals surface area contributed by atoms with Crippen LogP contribution in [0.4, 0.5) is 0 Å². The highest BCUT2D eigenvalue weighted by Crippen LogP contribution is 2.37. The summed E-state index contributed by atoms with van der Waals surface area (Å²) in [6.45, 7) is 1.14. The van der Waals surface area contributed by atoms with Gasteiger partial charge in [-0.15, -0.1) is 0 Å². The summed E-state index contributed by atoms with van der Waals surface area (Å²) in [5.74, 6) is 1.69. The van der Waals surface area contributed by atoms with E-state index >= 15 is 0 Å². The summed E-state index contributed by atoms with van der Waals surface area (Å²) < 4.78 is 42.9. The van der Waals surface area contributed by atoms with Crippen molar-refractivity contribution >= 4 is 10.0 Å². The molecule has 1 saturated heterocycles. The van der Waals surface area contributed by atoms with Crippen LogP contribution in [0.3, 0.4) is 0 Å². The number of ether oxygens (including phenoxy) is 2. The molecule has 1 aromatic heterocycles. The summed E-state index contributed by atoms with van der Waals surface area (Å²) >= 11 is 0. The fraction of sp³-hybridized carbons (Fsp3) is 0.300. The normalized spacial score (nSPS) is 14.8. The maximum absolute atomic E-state index is 12.7. The fourth-order valence-corrected chi connectivity index (χ4v) is 4.88. The van der Waals surface area contributed by atoms with Crippen LogP contribution in [0.1, 0.15) is 12.8 Å². The van der Waals surface area contributed by atoms with Crippen LogP contribution in [0, 0.1) is 0 Å². The fourth-order valence-electron chi connectivity index (χ4n) is 3.36. The minimum Gasteiger partial charge on any atom is -0.493 e. The molecule has 0 saturated carbocycles. The van der Waals surface area contributed by atoms with Crippen molar-refractivity contribution in [2.75, 3.05) is 27.3 Å². The van der Waals surface area contributed by atoms with Crippen LogP contribution in [-0.4, -0.2) is 50.2 Å². The zero-order valence-electron chi connectivity index (χ0n) is 16.2. The Morgan fingerprint density at radius 3 is 2.38 bits per heavy atom. The molecule has 8 nitrogen and oxygen atoms in total. The van der Waals surface area contributed by atoms with Gasteiger partial charge >= 0.3 is 0 Å². The molecular formula is C20H21N3O5S. The lowest BCUT2D eigenvalue weighted by atomic mass is 10.2. The first-order valence-corrected chi connectivity index (χ1v) is 10.6. The summed E-state index contributed by atoms with van der Waals surface area (Å²) in [7, 11) is -0.359. The van der Waals surface area contributed by atoms with Crippen LogP contribution in [-0.2, 0) is 10.0 Å². The van der Waals surface area contributed by atoms with Crippen molar-refractivity contribution in [3.63, 3.8) is 0 Å². The van der Waals surface area contributed by atoms with E-state index in [-0.39, 0.29) is 10.8 Å². The lowest BCUT2D eigenvalue weighted by molar-refractivity contribution is 0.353. The third-order valence-corrected chi connectivity index (χ3v) is 6.79.